The van der Waals surface area contributed by atoms with Gasteiger partial charge in [-0.1, -0.05) is 6.92 Å². The molecular weight excluding hydrogens is 233 g/mol. The zero-order valence-electron chi connectivity index (χ0n) is 9.94. The molecule has 94 valence electrons. The van der Waals surface area contributed by atoms with Gasteiger partial charge in [0.1, 0.15) is 23.3 Å². The third-order valence-electron chi connectivity index (χ3n) is 2.35. The number of benzene rings is 1. The number of halogens is 1. The second-order valence-electron chi connectivity index (χ2n) is 3.68. The smallest absolute Gasteiger partial charge is 0.145 e. The summed E-state index contributed by atoms with van der Waals surface area (Å²) in [6.07, 6.45) is 0.702. The maximum atomic E-state index is 12.8. The highest BCUT2D eigenvalue weighted by molar-refractivity contribution is 5.58. The number of hydrogen-bond acceptors (Lipinski definition) is 5. The average Bonchev–Trinajstić information content (AvgIpc) is 2.41. The third kappa shape index (κ3) is 2.92. The monoisotopic (exact) mass is 247 g/mol. The van der Waals surface area contributed by atoms with Gasteiger partial charge in [-0.15, -0.1) is 0 Å². The van der Waals surface area contributed by atoms with Gasteiger partial charge in [0.2, 0.25) is 0 Å². The van der Waals surface area contributed by atoms with Crippen molar-refractivity contribution >= 4 is 17.3 Å². The van der Waals surface area contributed by atoms with Crippen LogP contribution in [0, 0.1) is 5.82 Å². The van der Waals surface area contributed by atoms with Gasteiger partial charge in [0.25, 0.3) is 0 Å². The van der Waals surface area contributed by atoms with Gasteiger partial charge in [0.05, 0.1) is 0 Å². The van der Waals surface area contributed by atoms with Crippen molar-refractivity contribution in [3.05, 3.63) is 42.0 Å². The van der Waals surface area contributed by atoms with Crippen LogP contribution in [-0.4, -0.2) is 9.97 Å². The Morgan fingerprint density at radius 2 is 1.83 bits per heavy atom. The van der Waals surface area contributed by atoms with Crippen LogP contribution in [0.15, 0.2) is 30.3 Å². The lowest BCUT2D eigenvalue weighted by molar-refractivity contribution is 0.628. The van der Waals surface area contributed by atoms with Gasteiger partial charge < -0.3 is 10.7 Å². The highest BCUT2D eigenvalue weighted by Gasteiger charge is 2.03. The number of hydrogen-bond donors (Lipinski definition) is 3. The summed E-state index contributed by atoms with van der Waals surface area (Å²) in [4.78, 5) is 8.48. The van der Waals surface area contributed by atoms with E-state index in [2.05, 4.69) is 20.7 Å². The van der Waals surface area contributed by atoms with E-state index >= 15 is 0 Å². The van der Waals surface area contributed by atoms with Crippen LogP contribution in [0.1, 0.15) is 12.7 Å². The first kappa shape index (κ1) is 12.3. The third-order valence-corrected chi connectivity index (χ3v) is 2.35. The molecule has 0 radical (unpaired) electrons. The van der Waals surface area contributed by atoms with E-state index in [1.54, 1.807) is 18.2 Å². The fourth-order valence-corrected chi connectivity index (χ4v) is 1.47. The summed E-state index contributed by atoms with van der Waals surface area (Å²) in [6.45, 7) is 1.96. The number of nitrogens with zero attached hydrogens (tertiary/aromatic N) is 2. The van der Waals surface area contributed by atoms with E-state index in [-0.39, 0.29) is 5.82 Å². The molecule has 0 saturated carbocycles. The zero-order valence-corrected chi connectivity index (χ0v) is 9.94. The van der Waals surface area contributed by atoms with Gasteiger partial charge in [0.15, 0.2) is 0 Å². The Labute approximate surface area is 104 Å². The van der Waals surface area contributed by atoms with Crippen molar-refractivity contribution in [2.24, 2.45) is 5.84 Å². The van der Waals surface area contributed by atoms with Crippen molar-refractivity contribution in [1.29, 1.82) is 0 Å². The number of anilines is 3. The number of nitrogens with one attached hydrogen (secondary N) is 2. The second-order valence-corrected chi connectivity index (χ2v) is 3.68. The number of hydrazine groups is 1. The van der Waals surface area contributed by atoms with E-state index in [4.69, 9.17) is 5.84 Å². The quantitative estimate of drug-likeness (QED) is 0.570. The van der Waals surface area contributed by atoms with Crippen molar-refractivity contribution < 1.29 is 4.39 Å². The van der Waals surface area contributed by atoms with Crippen LogP contribution in [-0.2, 0) is 6.42 Å². The Balaban J connectivity index is 2.25. The topological polar surface area (TPSA) is 75.9 Å². The molecule has 1 aromatic heterocycles. The summed E-state index contributed by atoms with van der Waals surface area (Å²) in [6, 6.07) is 7.72. The molecule has 2 rings (SSSR count). The number of rotatable bonds is 4. The molecule has 4 N–H and O–H groups in total. The fourth-order valence-electron chi connectivity index (χ4n) is 1.47. The van der Waals surface area contributed by atoms with Crippen LogP contribution >= 0.6 is 0 Å². The number of aromatic nitrogens is 2. The van der Waals surface area contributed by atoms with E-state index in [1.165, 1.54) is 12.1 Å². The SMILES string of the molecule is CCc1nc(NN)cc(Nc2ccc(F)cc2)n1. The minimum Gasteiger partial charge on any atom is -0.340 e. The molecule has 0 aliphatic carbocycles. The number of nitrogen functional groups attached to an aromatic ring is 1. The van der Waals surface area contributed by atoms with Gasteiger partial charge in [0, 0.05) is 18.2 Å². The maximum absolute atomic E-state index is 12.8. The standard InChI is InChI=1S/C12H14FN5/c1-2-10-16-11(7-12(17-10)18-14)15-9-5-3-8(13)4-6-9/h3-7H,2,14H2,1H3,(H2,15,16,17,18). The van der Waals surface area contributed by atoms with E-state index in [0.29, 0.717) is 23.9 Å². The second kappa shape index (κ2) is 5.42. The maximum Gasteiger partial charge on any atom is 0.145 e. The zero-order chi connectivity index (χ0) is 13.0. The lowest BCUT2D eigenvalue weighted by Crippen LogP contribution is -2.11. The lowest BCUT2D eigenvalue weighted by atomic mass is 10.3. The van der Waals surface area contributed by atoms with Crippen LogP contribution in [0.5, 0.6) is 0 Å². The van der Waals surface area contributed by atoms with Crippen LogP contribution in [0.3, 0.4) is 0 Å². The predicted molar refractivity (Wildman–Crippen MR) is 68.9 cm³/mol. The first-order chi connectivity index (χ1) is 8.71. The van der Waals surface area contributed by atoms with E-state index < -0.39 is 0 Å². The number of aryl methyl sites for hydroxylation is 1. The molecule has 0 spiro atoms. The molecule has 1 heterocycles. The average molecular weight is 247 g/mol. The Morgan fingerprint density at radius 1 is 1.17 bits per heavy atom. The van der Waals surface area contributed by atoms with Crippen molar-refractivity contribution in [3.8, 4) is 0 Å². The molecule has 0 aliphatic rings. The van der Waals surface area contributed by atoms with Crippen molar-refractivity contribution in [2.75, 3.05) is 10.7 Å². The Hall–Kier alpha value is -2.21. The number of nitrogens with two attached hydrogens (primary N) is 1. The van der Waals surface area contributed by atoms with Crippen LogP contribution < -0.4 is 16.6 Å². The first-order valence-electron chi connectivity index (χ1n) is 5.58. The molecule has 2 aromatic rings. The minimum absolute atomic E-state index is 0.276. The molecule has 6 heteroatoms. The molecule has 0 atom stereocenters. The summed E-state index contributed by atoms with van der Waals surface area (Å²) in [7, 11) is 0. The van der Waals surface area contributed by atoms with Gasteiger partial charge in [-0.3, -0.25) is 0 Å². The Bertz CT molecular complexity index is 504. The molecule has 0 saturated heterocycles. The molecular formula is C12H14FN5. The lowest BCUT2D eigenvalue weighted by Gasteiger charge is -2.08. The summed E-state index contributed by atoms with van der Waals surface area (Å²) in [5, 5.41) is 3.07. The normalized spacial score (nSPS) is 10.2. The molecule has 0 unspecified atom stereocenters. The fraction of sp³-hybridized carbons (Fsp3) is 0.167. The van der Waals surface area contributed by atoms with Crippen molar-refractivity contribution in [2.45, 2.75) is 13.3 Å². The molecule has 0 aliphatic heterocycles. The molecule has 1 aromatic carbocycles. The van der Waals surface area contributed by atoms with E-state index in [9.17, 15) is 4.39 Å². The van der Waals surface area contributed by atoms with E-state index in [0.717, 1.165) is 5.69 Å². The van der Waals surface area contributed by atoms with Crippen LogP contribution in [0.25, 0.3) is 0 Å². The molecule has 5 nitrogen and oxygen atoms in total. The molecule has 0 amide bonds. The molecule has 0 fully saturated rings. The molecule has 0 bridgehead atoms. The first-order valence-corrected chi connectivity index (χ1v) is 5.58. The summed E-state index contributed by atoms with van der Waals surface area (Å²) < 4.78 is 12.8. The van der Waals surface area contributed by atoms with Gasteiger partial charge in [-0.25, -0.2) is 20.2 Å². The Kier molecular flexibility index (Phi) is 3.69. The van der Waals surface area contributed by atoms with Crippen molar-refractivity contribution in [3.63, 3.8) is 0 Å². The summed E-state index contributed by atoms with van der Waals surface area (Å²) in [5.41, 5.74) is 3.24. The summed E-state index contributed by atoms with van der Waals surface area (Å²) in [5.74, 6) is 6.88. The van der Waals surface area contributed by atoms with Crippen LogP contribution in [0.4, 0.5) is 21.7 Å². The molecule has 18 heavy (non-hydrogen) atoms. The predicted octanol–water partition coefficient (Wildman–Crippen LogP) is 2.21. The summed E-state index contributed by atoms with van der Waals surface area (Å²) >= 11 is 0. The largest absolute Gasteiger partial charge is 0.340 e. The van der Waals surface area contributed by atoms with Gasteiger partial charge in [-0.05, 0) is 24.3 Å². The minimum atomic E-state index is -0.276. The highest BCUT2D eigenvalue weighted by Crippen LogP contribution is 2.17. The van der Waals surface area contributed by atoms with Crippen molar-refractivity contribution in [1.82, 2.24) is 9.97 Å². The van der Waals surface area contributed by atoms with Gasteiger partial charge in [-0.2, -0.15) is 0 Å². The highest BCUT2D eigenvalue weighted by atomic mass is 19.1. The van der Waals surface area contributed by atoms with E-state index in [1.807, 2.05) is 6.92 Å². The van der Waals surface area contributed by atoms with Gasteiger partial charge >= 0.3 is 0 Å². The Morgan fingerprint density at radius 3 is 2.44 bits per heavy atom. The van der Waals surface area contributed by atoms with Crippen LogP contribution in [0.2, 0.25) is 0 Å².